The predicted octanol–water partition coefficient (Wildman–Crippen LogP) is 19.2. The summed E-state index contributed by atoms with van der Waals surface area (Å²) in [6.07, 6.45) is 44.7. The Labute approximate surface area is 530 Å². The van der Waals surface area contributed by atoms with E-state index in [0.29, 0.717) is 37.5 Å². The summed E-state index contributed by atoms with van der Waals surface area (Å²) in [4.78, 5) is 72.4. The molecule has 2 unspecified atom stereocenters. The van der Waals surface area contributed by atoms with Crippen molar-refractivity contribution in [2.75, 3.05) is 39.6 Å². The van der Waals surface area contributed by atoms with Crippen LogP contribution in [0.4, 0.5) is 0 Å². The zero-order valence-electron chi connectivity index (χ0n) is 56.3. The molecule has 0 aromatic carbocycles. The second kappa shape index (κ2) is 60.3. The third-order valence-corrected chi connectivity index (χ3v) is 17.6. The van der Waals surface area contributed by atoms with Crippen LogP contribution in [0.15, 0.2) is 0 Å². The standard InChI is InChI=1S/C68H132O17P2/c1-7-9-11-13-15-17-19-21-23-25-27-29-31-40-46-52-67(72)84-63(56-78-65(70)50-44-38-30-28-26-24-22-20-18-16-14-12-10-8-2)58-82-86(74,75)80-54-62(69)55-81-87(76,77)83-59-64(85-68(73)53-47-41-35-33-37-43-49-61(5)6)57-79-66(71)51-45-39-34-32-36-42-48-60(3)4/h60-64,69H,7-59H2,1-6H3,(H,74,75)(H,76,77)/t62-,63-,64-/m1/s1. The summed E-state index contributed by atoms with van der Waals surface area (Å²) in [5.74, 6) is -0.783. The summed E-state index contributed by atoms with van der Waals surface area (Å²) in [6.45, 7) is 9.36. The predicted molar refractivity (Wildman–Crippen MR) is 349 cm³/mol. The average Bonchev–Trinajstić information content (AvgIpc) is 3.69. The van der Waals surface area contributed by atoms with Crippen molar-refractivity contribution in [2.45, 2.75) is 362 Å². The van der Waals surface area contributed by atoms with Gasteiger partial charge < -0.3 is 33.8 Å². The fraction of sp³-hybridized carbons (Fsp3) is 0.941. The maximum Gasteiger partial charge on any atom is 0.472 e. The van der Waals surface area contributed by atoms with E-state index in [-0.39, 0.29) is 25.7 Å². The molecule has 17 nitrogen and oxygen atoms in total. The number of phosphoric acid groups is 2. The summed E-state index contributed by atoms with van der Waals surface area (Å²) in [5.41, 5.74) is 0. The molecule has 0 bridgehead atoms. The Bertz CT molecular complexity index is 1700. The zero-order valence-corrected chi connectivity index (χ0v) is 58.1. The van der Waals surface area contributed by atoms with Crippen LogP contribution < -0.4 is 0 Å². The van der Waals surface area contributed by atoms with Gasteiger partial charge in [0, 0.05) is 25.7 Å². The SMILES string of the molecule is CCCCCCCCCCCCCCCCCC(=O)O[C@H](COC(=O)CCCCCCCCCCCCCCCC)COP(=O)(O)OC[C@@H](O)COP(=O)(O)OC[C@@H](COC(=O)CCCCCCCCC(C)C)OC(=O)CCCCCCCCC(C)C. The van der Waals surface area contributed by atoms with Gasteiger partial charge in [-0.25, -0.2) is 9.13 Å². The first-order valence-corrected chi connectivity index (χ1v) is 38.5. The van der Waals surface area contributed by atoms with Gasteiger partial charge in [-0.2, -0.15) is 0 Å². The molecule has 0 radical (unpaired) electrons. The van der Waals surface area contributed by atoms with Crippen molar-refractivity contribution >= 4 is 39.5 Å². The molecule has 0 aliphatic rings. The van der Waals surface area contributed by atoms with Gasteiger partial charge in [0.2, 0.25) is 0 Å². The highest BCUT2D eigenvalue weighted by molar-refractivity contribution is 7.47. The lowest BCUT2D eigenvalue weighted by molar-refractivity contribution is -0.161. The molecule has 0 heterocycles. The van der Waals surface area contributed by atoms with Gasteiger partial charge in [-0.1, -0.05) is 292 Å². The number of hydrogen-bond acceptors (Lipinski definition) is 15. The molecule has 0 saturated heterocycles. The number of carbonyl (C=O) groups is 4. The van der Waals surface area contributed by atoms with Crippen molar-refractivity contribution in [1.82, 2.24) is 0 Å². The third kappa shape index (κ3) is 62.6. The lowest BCUT2D eigenvalue weighted by Gasteiger charge is -2.21. The Hall–Kier alpha value is -1.94. The molecule has 0 spiro atoms. The molecule has 0 aliphatic carbocycles. The minimum Gasteiger partial charge on any atom is -0.462 e. The highest BCUT2D eigenvalue weighted by Crippen LogP contribution is 2.45. The van der Waals surface area contributed by atoms with Gasteiger partial charge in [0.1, 0.15) is 19.3 Å². The fourth-order valence-corrected chi connectivity index (χ4v) is 11.8. The number of carbonyl (C=O) groups excluding carboxylic acids is 4. The molecule has 0 fully saturated rings. The van der Waals surface area contributed by atoms with Crippen LogP contribution in [-0.2, 0) is 65.4 Å². The van der Waals surface area contributed by atoms with E-state index in [1.165, 1.54) is 154 Å². The number of phosphoric ester groups is 2. The summed E-state index contributed by atoms with van der Waals surface area (Å²) in [7, 11) is -9.89. The second-order valence-electron chi connectivity index (χ2n) is 25.5. The molecule has 0 amide bonds. The Balaban J connectivity index is 5.22. The molecule has 5 atom stereocenters. The van der Waals surface area contributed by atoms with Crippen LogP contribution >= 0.6 is 15.6 Å². The molecule has 3 N–H and O–H groups in total. The lowest BCUT2D eigenvalue weighted by atomic mass is 10.0. The van der Waals surface area contributed by atoms with Crippen molar-refractivity contribution < 1.29 is 80.2 Å². The third-order valence-electron chi connectivity index (χ3n) is 15.7. The fourth-order valence-electron chi connectivity index (χ4n) is 10.2. The van der Waals surface area contributed by atoms with Gasteiger partial charge in [-0.05, 0) is 37.5 Å². The molecule has 0 aliphatic heterocycles. The van der Waals surface area contributed by atoms with Crippen LogP contribution in [0.5, 0.6) is 0 Å². The van der Waals surface area contributed by atoms with Crippen LogP contribution in [0.1, 0.15) is 343 Å². The zero-order chi connectivity index (χ0) is 64.3. The van der Waals surface area contributed by atoms with E-state index in [9.17, 15) is 43.2 Å². The minimum atomic E-state index is -4.95. The maximum atomic E-state index is 13.0. The molecular weight excluding hydrogens is 1150 g/mol. The molecule has 87 heavy (non-hydrogen) atoms. The first-order chi connectivity index (χ1) is 41.9. The summed E-state index contributed by atoms with van der Waals surface area (Å²) in [5, 5.41) is 10.6. The topological polar surface area (TPSA) is 237 Å². The number of unbranched alkanes of at least 4 members (excludes halogenated alkanes) is 37. The summed E-state index contributed by atoms with van der Waals surface area (Å²) >= 11 is 0. The Morgan fingerprint density at radius 1 is 0.310 bits per heavy atom. The molecule has 0 aromatic heterocycles. The molecular formula is C68H132O17P2. The highest BCUT2D eigenvalue weighted by Gasteiger charge is 2.30. The van der Waals surface area contributed by atoms with Crippen molar-refractivity contribution in [3.8, 4) is 0 Å². The molecule has 19 heteroatoms. The van der Waals surface area contributed by atoms with Crippen molar-refractivity contribution in [2.24, 2.45) is 11.8 Å². The molecule has 516 valence electrons. The Morgan fingerprint density at radius 2 is 0.529 bits per heavy atom. The first kappa shape index (κ1) is 85.1. The first-order valence-electron chi connectivity index (χ1n) is 35.5. The van der Waals surface area contributed by atoms with E-state index >= 15 is 0 Å². The van der Waals surface area contributed by atoms with Gasteiger partial charge in [0.05, 0.1) is 26.4 Å². The Kier molecular flexibility index (Phi) is 59.0. The van der Waals surface area contributed by atoms with E-state index in [0.717, 1.165) is 96.3 Å². The number of esters is 4. The number of ether oxygens (including phenoxy) is 4. The normalized spacial score (nSPS) is 14.2. The van der Waals surface area contributed by atoms with E-state index in [1.807, 2.05) is 0 Å². The minimum absolute atomic E-state index is 0.101. The van der Waals surface area contributed by atoms with Crippen LogP contribution in [0.3, 0.4) is 0 Å². The second-order valence-corrected chi connectivity index (χ2v) is 28.4. The van der Waals surface area contributed by atoms with Gasteiger partial charge in [-0.3, -0.25) is 37.3 Å². The molecule has 0 rings (SSSR count). The monoisotopic (exact) mass is 1280 g/mol. The largest absolute Gasteiger partial charge is 0.472 e. The van der Waals surface area contributed by atoms with Gasteiger partial charge >= 0.3 is 39.5 Å². The average molecular weight is 1280 g/mol. The number of hydrogen-bond donors (Lipinski definition) is 3. The number of rotatable bonds is 67. The van der Waals surface area contributed by atoms with E-state index in [1.54, 1.807) is 0 Å². The van der Waals surface area contributed by atoms with Crippen molar-refractivity contribution in [3.63, 3.8) is 0 Å². The summed E-state index contributed by atoms with van der Waals surface area (Å²) in [6, 6.07) is 0. The van der Waals surface area contributed by atoms with Crippen LogP contribution in [-0.4, -0.2) is 96.7 Å². The van der Waals surface area contributed by atoms with Crippen LogP contribution in [0.25, 0.3) is 0 Å². The van der Waals surface area contributed by atoms with E-state index < -0.39 is 97.5 Å². The number of aliphatic hydroxyl groups excluding tert-OH is 1. The molecule has 0 aromatic rings. The van der Waals surface area contributed by atoms with E-state index in [4.69, 9.17) is 37.0 Å². The van der Waals surface area contributed by atoms with Crippen molar-refractivity contribution in [3.05, 3.63) is 0 Å². The van der Waals surface area contributed by atoms with Crippen LogP contribution in [0, 0.1) is 11.8 Å². The number of aliphatic hydroxyl groups is 1. The smallest absolute Gasteiger partial charge is 0.462 e. The van der Waals surface area contributed by atoms with Crippen LogP contribution in [0.2, 0.25) is 0 Å². The van der Waals surface area contributed by atoms with E-state index in [2.05, 4.69) is 41.5 Å². The Morgan fingerprint density at radius 3 is 0.782 bits per heavy atom. The lowest BCUT2D eigenvalue weighted by Crippen LogP contribution is -2.30. The van der Waals surface area contributed by atoms with Gasteiger partial charge in [-0.15, -0.1) is 0 Å². The molecule has 0 saturated carbocycles. The quantitative estimate of drug-likeness (QED) is 0.0222. The summed E-state index contributed by atoms with van der Waals surface area (Å²) < 4.78 is 68.1. The highest BCUT2D eigenvalue weighted by atomic mass is 31.2. The van der Waals surface area contributed by atoms with Gasteiger partial charge in [0.15, 0.2) is 12.2 Å². The van der Waals surface area contributed by atoms with Crippen molar-refractivity contribution in [1.29, 1.82) is 0 Å². The maximum absolute atomic E-state index is 13.0. The van der Waals surface area contributed by atoms with Gasteiger partial charge in [0.25, 0.3) is 0 Å².